The number of rotatable bonds is 0. The second-order valence-corrected chi connectivity index (χ2v) is 3.02. The summed E-state index contributed by atoms with van der Waals surface area (Å²) in [4.78, 5) is 0. The average molecular weight is 201 g/mol. The van der Waals surface area contributed by atoms with E-state index in [1.165, 1.54) is 25.9 Å². The lowest BCUT2D eigenvalue weighted by atomic mass is 10.4. The molecule has 0 aromatic carbocycles. The molecule has 2 nitrogen and oxygen atoms in total. The van der Waals surface area contributed by atoms with Gasteiger partial charge < -0.3 is 11.1 Å². The molecule has 5 heteroatoms. The van der Waals surface area contributed by atoms with E-state index in [0.717, 1.165) is 0 Å². The first-order chi connectivity index (χ1) is 4.23. The van der Waals surface area contributed by atoms with Gasteiger partial charge in [-0.25, -0.2) is 0 Å². The molecule has 1 heterocycles. The highest BCUT2D eigenvalue weighted by Crippen LogP contribution is 1.90. The summed E-state index contributed by atoms with van der Waals surface area (Å²) in [6, 6.07) is 0. The Morgan fingerprint density at radius 3 is 1.80 bits per heavy atom. The summed E-state index contributed by atoms with van der Waals surface area (Å²) in [6.07, 6.45) is 2.78. The van der Waals surface area contributed by atoms with Crippen molar-refractivity contribution < 1.29 is 0 Å². The number of hydrogen-bond acceptors (Lipinski definition) is 2. The Morgan fingerprint density at radius 1 is 1.40 bits per heavy atom. The highest BCUT2D eigenvalue weighted by atomic mass is 35.5. The van der Waals surface area contributed by atoms with Crippen molar-refractivity contribution in [3.63, 3.8) is 0 Å². The summed E-state index contributed by atoms with van der Waals surface area (Å²) < 4.78 is 0.194. The van der Waals surface area contributed by atoms with Crippen molar-refractivity contribution in [3.05, 3.63) is 0 Å². The molecule has 0 radical (unpaired) electrons. The van der Waals surface area contributed by atoms with Crippen LogP contribution in [0.1, 0.15) is 12.8 Å². The van der Waals surface area contributed by atoms with Crippen molar-refractivity contribution in [2.45, 2.75) is 12.8 Å². The van der Waals surface area contributed by atoms with E-state index in [1.807, 2.05) is 0 Å². The summed E-state index contributed by atoms with van der Waals surface area (Å²) in [5.74, 6) is 0. The SMILES string of the molecule is C1CCNC1.Cl.NC(=S)S. The smallest absolute Gasteiger partial charge is 0.128 e. The fraction of sp³-hybridized carbons (Fsp3) is 0.800. The lowest BCUT2D eigenvalue weighted by Crippen LogP contribution is -2.03. The van der Waals surface area contributed by atoms with Crippen molar-refractivity contribution in [3.8, 4) is 0 Å². The summed E-state index contributed by atoms with van der Waals surface area (Å²) in [6.45, 7) is 2.50. The zero-order valence-electron chi connectivity index (χ0n) is 5.67. The average Bonchev–Trinajstić information content (AvgIpc) is 2.11. The third-order valence-corrected chi connectivity index (χ3v) is 0.957. The minimum absolute atomic E-state index is 0. The van der Waals surface area contributed by atoms with Crippen molar-refractivity contribution in [1.82, 2.24) is 5.32 Å². The summed E-state index contributed by atoms with van der Waals surface area (Å²) in [5.41, 5.74) is 4.71. The van der Waals surface area contributed by atoms with Gasteiger partial charge in [0, 0.05) is 0 Å². The first-order valence-corrected chi connectivity index (χ1v) is 3.78. The van der Waals surface area contributed by atoms with Gasteiger partial charge in [-0.2, -0.15) is 0 Å². The van der Waals surface area contributed by atoms with Crippen LogP contribution in [0.3, 0.4) is 0 Å². The second kappa shape index (κ2) is 9.49. The van der Waals surface area contributed by atoms with Crippen LogP contribution in [0.25, 0.3) is 0 Å². The Labute approximate surface area is 78.8 Å². The van der Waals surface area contributed by atoms with Crippen LogP contribution < -0.4 is 11.1 Å². The number of halogens is 1. The van der Waals surface area contributed by atoms with E-state index in [9.17, 15) is 0 Å². The van der Waals surface area contributed by atoms with Crippen molar-refractivity contribution >= 4 is 41.6 Å². The zero-order chi connectivity index (χ0) is 7.11. The van der Waals surface area contributed by atoms with E-state index in [2.05, 4.69) is 30.2 Å². The Bertz CT molecular complexity index is 74.1. The third kappa shape index (κ3) is 15.8. The number of nitrogens with two attached hydrogens (primary N) is 1. The maximum Gasteiger partial charge on any atom is 0.128 e. The Hall–Kier alpha value is 0.490. The molecule has 1 rings (SSSR count). The van der Waals surface area contributed by atoms with Gasteiger partial charge in [0.2, 0.25) is 0 Å². The maximum atomic E-state index is 4.71. The van der Waals surface area contributed by atoms with Gasteiger partial charge in [0.05, 0.1) is 0 Å². The number of thiocarbonyl (C=S) groups is 1. The number of nitrogens with one attached hydrogen (secondary N) is 1. The largest absolute Gasteiger partial charge is 0.385 e. The first kappa shape index (κ1) is 13.1. The molecule has 0 aromatic heterocycles. The molecule has 1 fully saturated rings. The molecule has 0 aromatic rings. The van der Waals surface area contributed by atoms with E-state index in [0.29, 0.717) is 0 Å². The molecule has 0 unspecified atom stereocenters. The second-order valence-electron chi connectivity index (χ2n) is 1.80. The molecule has 3 N–H and O–H groups in total. The van der Waals surface area contributed by atoms with Crippen LogP contribution >= 0.6 is 37.3 Å². The first-order valence-electron chi connectivity index (χ1n) is 2.92. The predicted octanol–water partition coefficient (Wildman–Crippen LogP) is 0.951. The van der Waals surface area contributed by atoms with E-state index >= 15 is 0 Å². The standard InChI is InChI=1S/C4H9N.CH3NS2.ClH/c1-2-4-5-3-1;2-1(3)4;/h5H,1-4H2;(H3,2,3,4);1H. The zero-order valence-corrected chi connectivity index (χ0v) is 8.20. The lowest BCUT2D eigenvalue weighted by molar-refractivity contribution is 0.857. The quantitative estimate of drug-likeness (QED) is 0.403. The van der Waals surface area contributed by atoms with Crippen LogP contribution in [-0.2, 0) is 0 Å². The van der Waals surface area contributed by atoms with Crippen LogP contribution in [0.5, 0.6) is 0 Å². The molecule has 0 saturated carbocycles. The minimum Gasteiger partial charge on any atom is -0.385 e. The molecular weight excluding hydrogens is 188 g/mol. The van der Waals surface area contributed by atoms with Gasteiger partial charge in [-0.1, -0.05) is 12.2 Å². The molecule has 10 heavy (non-hydrogen) atoms. The van der Waals surface area contributed by atoms with E-state index in [-0.39, 0.29) is 16.7 Å². The highest BCUT2D eigenvalue weighted by molar-refractivity contribution is 8.10. The van der Waals surface area contributed by atoms with Gasteiger partial charge in [-0.05, 0) is 25.9 Å². The molecular formula is C5H13ClN2S2. The molecule has 0 bridgehead atoms. The van der Waals surface area contributed by atoms with E-state index in [4.69, 9.17) is 5.73 Å². The van der Waals surface area contributed by atoms with Crippen LogP contribution in [0.15, 0.2) is 0 Å². The topological polar surface area (TPSA) is 38.0 Å². The Balaban J connectivity index is 0. The van der Waals surface area contributed by atoms with Gasteiger partial charge >= 0.3 is 0 Å². The van der Waals surface area contributed by atoms with Gasteiger partial charge in [-0.3, -0.25) is 0 Å². The van der Waals surface area contributed by atoms with Crippen molar-refractivity contribution in [1.29, 1.82) is 0 Å². The number of thiol groups is 1. The van der Waals surface area contributed by atoms with Gasteiger partial charge in [0.1, 0.15) is 4.32 Å². The molecule has 1 aliphatic rings. The van der Waals surface area contributed by atoms with Gasteiger partial charge in [0.25, 0.3) is 0 Å². The predicted molar refractivity (Wildman–Crippen MR) is 55.1 cm³/mol. The molecule has 1 saturated heterocycles. The molecule has 1 aliphatic heterocycles. The maximum absolute atomic E-state index is 4.71. The third-order valence-electron chi connectivity index (χ3n) is 0.957. The fourth-order valence-electron chi connectivity index (χ4n) is 0.625. The fourth-order valence-corrected chi connectivity index (χ4v) is 0.625. The molecule has 0 atom stereocenters. The minimum atomic E-state index is 0. The molecule has 0 amide bonds. The van der Waals surface area contributed by atoms with Crippen LogP contribution in [0, 0.1) is 0 Å². The molecule has 62 valence electrons. The van der Waals surface area contributed by atoms with Crippen molar-refractivity contribution in [2.24, 2.45) is 5.73 Å². The van der Waals surface area contributed by atoms with Gasteiger partial charge in [-0.15, -0.1) is 25.0 Å². The molecule has 0 aliphatic carbocycles. The van der Waals surface area contributed by atoms with Crippen LogP contribution in [0.2, 0.25) is 0 Å². The van der Waals surface area contributed by atoms with Gasteiger partial charge in [0.15, 0.2) is 0 Å². The lowest BCUT2D eigenvalue weighted by Gasteiger charge is -1.76. The number of hydrogen-bond donors (Lipinski definition) is 3. The van der Waals surface area contributed by atoms with Crippen LogP contribution in [-0.4, -0.2) is 17.4 Å². The highest BCUT2D eigenvalue weighted by Gasteiger charge is 1.93. The van der Waals surface area contributed by atoms with Crippen molar-refractivity contribution in [2.75, 3.05) is 13.1 Å². The van der Waals surface area contributed by atoms with Crippen LogP contribution in [0.4, 0.5) is 0 Å². The van der Waals surface area contributed by atoms with E-state index in [1.54, 1.807) is 0 Å². The normalized spacial score (nSPS) is 14.5. The summed E-state index contributed by atoms with van der Waals surface area (Å²) in [5, 5.41) is 3.22. The Morgan fingerprint density at radius 2 is 1.70 bits per heavy atom. The summed E-state index contributed by atoms with van der Waals surface area (Å²) in [7, 11) is 0. The van der Waals surface area contributed by atoms with E-state index < -0.39 is 0 Å². The Kier molecular flexibility index (Phi) is 12.4. The monoisotopic (exact) mass is 200 g/mol. The molecule has 0 spiro atoms. The summed E-state index contributed by atoms with van der Waals surface area (Å²) >= 11 is 7.65.